The minimum atomic E-state index is -0.472. The molecule has 8 nitrogen and oxygen atoms in total. The number of halogens is 1. The van der Waals surface area contributed by atoms with Crippen molar-refractivity contribution in [1.82, 2.24) is 4.90 Å². The van der Waals surface area contributed by atoms with E-state index in [2.05, 4.69) is 10.5 Å². The molecule has 146 valence electrons. The van der Waals surface area contributed by atoms with Crippen molar-refractivity contribution >= 4 is 35.1 Å². The maximum atomic E-state index is 12.4. The topological polar surface area (TPSA) is 97.1 Å². The quantitative estimate of drug-likeness (QED) is 0.313. The van der Waals surface area contributed by atoms with Gasteiger partial charge >= 0.3 is 0 Å². The van der Waals surface area contributed by atoms with Gasteiger partial charge in [0.05, 0.1) is 16.7 Å². The number of hydrogen-bond acceptors (Lipinski definition) is 6. The Labute approximate surface area is 167 Å². The molecule has 0 radical (unpaired) electrons. The lowest BCUT2D eigenvalue weighted by atomic mass is 10.2. The molecule has 1 amide bonds. The number of anilines is 1. The van der Waals surface area contributed by atoms with Crippen molar-refractivity contribution in [3.8, 4) is 0 Å². The zero-order valence-electron chi connectivity index (χ0n) is 15.3. The Bertz CT molecular complexity index is 878. The van der Waals surface area contributed by atoms with Crippen LogP contribution in [0.3, 0.4) is 0 Å². The van der Waals surface area contributed by atoms with Gasteiger partial charge in [-0.2, -0.15) is 0 Å². The molecule has 0 atom stereocenters. The summed E-state index contributed by atoms with van der Waals surface area (Å²) in [4.78, 5) is 29.5. The summed E-state index contributed by atoms with van der Waals surface area (Å²) in [6.07, 6.45) is 2.90. The zero-order valence-corrected chi connectivity index (χ0v) is 16.1. The average molecular weight is 403 g/mol. The summed E-state index contributed by atoms with van der Waals surface area (Å²) in [5.74, 6) is -0.362. The van der Waals surface area contributed by atoms with E-state index in [4.69, 9.17) is 16.4 Å². The van der Waals surface area contributed by atoms with Crippen molar-refractivity contribution in [2.45, 2.75) is 6.61 Å². The predicted octanol–water partition coefficient (Wildman–Crippen LogP) is 3.83. The van der Waals surface area contributed by atoms with E-state index < -0.39 is 4.92 Å². The maximum Gasteiger partial charge on any atom is 0.269 e. The molecule has 28 heavy (non-hydrogen) atoms. The second-order valence-electron chi connectivity index (χ2n) is 5.94. The first kappa shape index (κ1) is 20.9. The Morgan fingerprint density at radius 3 is 2.43 bits per heavy atom. The smallest absolute Gasteiger partial charge is 0.269 e. The third-order valence-corrected chi connectivity index (χ3v) is 3.66. The molecule has 0 aromatic heterocycles. The summed E-state index contributed by atoms with van der Waals surface area (Å²) >= 11 is 5.84. The van der Waals surface area contributed by atoms with Crippen LogP contribution in [0.4, 0.5) is 11.4 Å². The molecular weight excluding hydrogens is 384 g/mol. The van der Waals surface area contributed by atoms with Gasteiger partial charge in [-0.25, -0.2) is 0 Å². The van der Waals surface area contributed by atoms with Gasteiger partial charge in [0, 0.05) is 43.1 Å². The summed E-state index contributed by atoms with van der Waals surface area (Å²) in [5.41, 5.74) is 1.59. The number of nitro benzene ring substituents is 1. The van der Waals surface area contributed by atoms with Gasteiger partial charge in [0.1, 0.15) is 6.61 Å². The Hall–Kier alpha value is -3.39. The van der Waals surface area contributed by atoms with Gasteiger partial charge in [-0.3, -0.25) is 14.9 Å². The molecule has 0 saturated heterocycles. The summed E-state index contributed by atoms with van der Waals surface area (Å²) in [7, 11) is 3.56. The van der Waals surface area contributed by atoms with Crippen LogP contribution in [0.2, 0.25) is 5.02 Å². The number of carbonyl (C=O) groups is 1. The third-order valence-electron chi connectivity index (χ3n) is 3.41. The maximum absolute atomic E-state index is 12.4. The highest BCUT2D eigenvalue weighted by Crippen LogP contribution is 2.14. The molecule has 1 N–H and O–H groups in total. The monoisotopic (exact) mass is 402 g/mol. The highest BCUT2D eigenvalue weighted by Gasteiger charge is 2.09. The van der Waals surface area contributed by atoms with E-state index in [1.165, 1.54) is 18.3 Å². The van der Waals surface area contributed by atoms with E-state index in [0.29, 0.717) is 16.3 Å². The van der Waals surface area contributed by atoms with Gasteiger partial charge in [0.2, 0.25) is 0 Å². The van der Waals surface area contributed by atoms with E-state index in [9.17, 15) is 14.9 Å². The molecule has 0 fully saturated rings. The molecule has 0 heterocycles. The first-order valence-corrected chi connectivity index (χ1v) is 8.57. The van der Waals surface area contributed by atoms with Crippen molar-refractivity contribution in [1.29, 1.82) is 0 Å². The van der Waals surface area contributed by atoms with E-state index in [1.54, 1.807) is 61.6 Å². The number of hydrogen-bond donors (Lipinski definition) is 1. The van der Waals surface area contributed by atoms with Gasteiger partial charge in [-0.15, -0.1) is 0 Å². The number of benzene rings is 2. The van der Waals surface area contributed by atoms with Crippen LogP contribution in [-0.2, 0) is 16.2 Å². The number of nitro groups is 1. The Kier molecular flexibility index (Phi) is 7.53. The second kappa shape index (κ2) is 10.1. The number of amides is 1. The number of rotatable bonds is 8. The molecule has 2 aromatic rings. The second-order valence-corrected chi connectivity index (χ2v) is 6.38. The summed E-state index contributed by atoms with van der Waals surface area (Å²) in [6.45, 7) is 0.114. The number of non-ortho nitro benzene ring substituents is 1. The van der Waals surface area contributed by atoms with E-state index in [0.717, 1.165) is 0 Å². The Balaban J connectivity index is 1.98. The zero-order chi connectivity index (χ0) is 20.5. The van der Waals surface area contributed by atoms with Crippen LogP contribution in [0, 0.1) is 10.1 Å². The number of carbonyl (C=O) groups excluding carboxylic acids is 1. The molecular formula is C19H19ClN4O4. The summed E-state index contributed by atoms with van der Waals surface area (Å²) in [6, 6.07) is 12.7. The van der Waals surface area contributed by atoms with Crippen LogP contribution in [0.25, 0.3) is 0 Å². The Morgan fingerprint density at radius 1 is 1.21 bits per heavy atom. The van der Waals surface area contributed by atoms with Crippen molar-refractivity contribution in [3.05, 3.63) is 81.0 Å². The molecule has 0 saturated carbocycles. The molecule has 0 aliphatic heterocycles. The normalized spacial score (nSPS) is 11.3. The van der Waals surface area contributed by atoms with E-state index >= 15 is 0 Å². The van der Waals surface area contributed by atoms with Gasteiger partial charge in [-0.1, -0.05) is 16.8 Å². The van der Waals surface area contributed by atoms with E-state index in [-0.39, 0.29) is 23.8 Å². The molecule has 0 bridgehead atoms. The van der Waals surface area contributed by atoms with Crippen molar-refractivity contribution in [2.75, 3.05) is 19.4 Å². The lowest BCUT2D eigenvalue weighted by Crippen LogP contribution is -2.18. The van der Waals surface area contributed by atoms with Gasteiger partial charge < -0.3 is 15.1 Å². The average Bonchev–Trinajstić information content (AvgIpc) is 2.66. The molecule has 2 rings (SSSR count). The van der Waals surface area contributed by atoms with Crippen LogP contribution in [-0.4, -0.2) is 36.0 Å². The first-order chi connectivity index (χ1) is 13.3. The largest absolute Gasteiger partial charge is 0.391 e. The third kappa shape index (κ3) is 6.73. The molecule has 2 aromatic carbocycles. The highest BCUT2D eigenvalue weighted by atomic mass is 35.5. The van der Waals surface area contributed by atoms with Crippen LogP contribution in [0.5, 0.6) is 0 Å². The number of nitrogens with zero attached hydrogens (tertiary/aromatic N) is 3. The summed E-state index contributed by atoms with van der Waals surface area (Å²) < 4.78 is 0. The molecule has 0 unspecified atom stereocenters. The van der Waals surface area contributed by atoms with E-state index in [1.807, 2.05) is 0 Å². The van der Waals surface area contributed by atoms with Gasteiger partial charge in [-0.05, 0) is 42.0 Å². The standard InChI is InChI=1S/C19H19ClN4O4/c1-23(2)12-15(19(25)22-17-7-5-16(20)6-8-17)11-21-28-13-14-3-9-18(10-4-14)24(26)27/h3-12H,13H2,1-2H3,(H,22,25). The van der Waals surface area contributed by atoms with Crippen molar-refractivity contribution in [2.24, 2.45) is 5.16 Å². The lowest BCUT2D eigenvalue weighted by Gasteiger charge is -2.09. The lowest BCUT2D eigenvalue weighted by molar-refractivity contribution is -0.384. The van der Waals surface area contributed by atoms with Crippen LogP contribution < -0.4 is 5.32 Å². The fourth-order valence-corrected chi connectivity index (χ4v) is 2.21. The molecule has 0 aliphatic rings. The first-order valence-electron chi connectivity index (χ1n) is 8.19. The van der Waals surface area contributed by atoms with Crippen molar-refractivity contribution < 1.29 is 14.6 Å². The van der Waals surface area contributed by atoms with Crippen LogP contribution in [0.15, 0.2) is 65.5 Å². The van der Waals surface area contributed by atoms with Gasteiger partial charge in [0.15, 0.2) is 0 Å². The molecule has 0 aliphatic carbocycles. The highest BCUT2D eigenvalue weighted by molar-refractivity contribution is 6.30. The predicted molar refractivity (Wildman–Crippen MR) is 108 cm³/mol. The van der Waals surface area contributed by atoms with Gasteiger partial charge in [0.25, 0.3) is 11.6 Å². The minimum absolute atomic E-state index is 0.00215. The van der Waals surface area contributed by atoms with Crippen molar-refractivity contribution in [3.63, 3.8) is 0 Å². The number of nitrogens with one attached hydrogen (secondary N) is 1. The molecule has 0 spiro atoms. The minimum Gasteiger partial charge on any atom is -0.391 e. The molecule has 9 heteroatoms. The van der Waals surface area contributed by atoms with Crippen LogP contribution >= 0.6 is 11.6 Å². The fraction of sp³-hybridized carbons (Fsp3) is 0.158. The summed E-state index contributed by atoms with van der Waals surface area (Å²) in [5, 5.41) is 17.8. The number of oxime groups is 1. The Morgan fingerprint density at radius 2 is 1.86 bits per heavy atom. The van der Waals surface area contributed by atoms with Crippen LogP contribution in [0.1, 0.15) is 5.56 Å². The fourth-order valence-electron chi connectivity index (χ4n) is 2.08. The SMILES string of the molecule is CN(C)C=C(C=NOCc1ccc([N+](=O)[O-])cc1)C(=O)Nc1ccc(Cl)cc1.